The van der Waals surface area contributed by atoms with Crippen molar-refractivity contribution in [1.29, 1.82) is 0 Å². The Morgan fingerprint density at radius 3 is 2.79 bits per heavy atom. The molecule has 0 unspecified atom stereocenters. The van der Waals surface area contributed by atoms with Crippen LogP contribution >= 0.6 is 23.4 Å². The summed E-state index contributed by atoms with van der Waals surface area (Å²) in [7, 11) is 0. The minimum absolute atomic E-state index is 0.212. The van der Waals surface area contributed by atoms with Gasteiger partial charge in [-0.15, -0.1) is 0 Å². The highest BCUT2D eigenvalue weighted by atomic mass is 35.5. The molecule has 1 N–H and O–H groups in total. The van der Waals surface area contributed by atoms with Gasteiger partial charge in [0.1, 0.15) is 11.0 Å². The van der Waals surface area contributed by atoms with Gasteiger partial charge in [0.25, 0.3) is 0 Å². The van der Waals surface area contributed by atoms with Gasteiger partial charge in [-0.05, 0) is 32.2 Å². The average molecular weight is 231 g/mol. The molecule has 0 bridgehead atoms. The van der Waals surface area contributed by atoms with Gasteiger partial charge in [-0.3, -0.25) is 0 Å². The van der Waals surface area contributed by atoms with Gasteiger partial charge in [-0.2, -0.15) is 11.8 Å². The molecule has 0 saturated carbocycles. The van der Waals surface area contributed by atoms with Crippen LogP contribution < -0.4 is 5.32 Å². The first-order chi connectivity index (χ1) is 6.53. The van der Waals surface area contributed by atoms with E-state index in [1.807, 2.05) is 23.9 Å². The van der Waals surface area contributed by atoms with E-state index in [-0.39, 0.29) is 4.75 Å². The van der Waals surface area contributed by atoms with Crippen LogP contribution in [0.5, 0.6) is 0 Å². The molecular formula is C10H15ClN2S. The van der Waals surface area contributed by atoms with Gasteiger partial charge in [0.05, 0.1) is 0 Å². The summed E-state index contributed by atoms with van der Waals surface area (Å²) in [5, 5.41) is 3.79. The number of hydrogen-bond donors (Lipinski definition) is 1. The molecule has 1 rings (SSSR count). The lowest BCUT2D eigenvalue weighted by Gasteiger charge is -2.22. The standard InChI is InChI=1S/C10H15ClN2S/c1-10(2,14-3)7-12-9-6-4-5-8(11)13-9/h4-6H,7H2,1-3H3,(H,12,13). The highest BCUT2D eigenvalue weighted by Crippen LogP contribution is 2.21. The van der Waals surface area contributed by atoms with Crippen LogP contribution in [0, 0.1) is 0 Å². The molecule has 0 radical (unpaired) electrons. The topological polar surface area (TPSA) is 24.9 Å². The molecule has 0 atom stereocenters. The van der Waals surface area contributed by atoms with Crippen molar-refractivity contribution in [2.45, 2.75) is 18.6 Å². The molecule has 0 aliphatic carbocycles. The van der Waals surface area contributed by atoms with Crippen molar-refractivity contribution in [2.75, 3.05) is 18.1 Å². The van der Waals surface area contributed by atoms with Gasteiger partial charge in [0, 0.05) is 11.3 Å². The quantitative estimate of drug-likeness (QED) is 0.804. The van der Waals surface area contributed by atoms with E-state index in [2.05, 4.69) is 30.4 Å². The van der Waals surface area contributed by atoms with Gasteiger partial charge in [0.2, 0.25) is 0 Å². The SMILES string of the molecule is CSC(C)(C)CNc1cccc(Cl)n1. The maximum absolute atomic E-state index is 5.77. The highest BCUT2D eigenvalue weighted by Gasteiger charge is 2.15. The summed E-state index contributed by atoms with van der Waals surface area (Å²) in [6, 6.07) is 5.58. The fraction of sp³-hybridized carbons (Fsp3) is 0.500. The Morgan fingerprint density at radius 1 is 1.50 bits per heavy atom. The Balaban J connectivity index is 2.54. The van der Waals surface area contributed by atoms with E-state index in [4.69, 9.17) is 11.6 Å². The lowest BCUT2D eigenvalue weighted by Crippen LogP contribution is -2.26. The van der Waals surface area contributed by atoms with E-state index in [9.17, 15) is 0 Å². The summed E-state index contributed by atoms with van der Waals surface area (Å²) in [5.41, 5.74) is 0. The van der Waals surface area contributed by atoms with Crippen molar-refractivity contribution in [1.82, 2.24) is 4.98 Å². The molecule has 0 aromatic carbocycles. The molecule has 0 aliphatic rings. The molecular weight excluding hydrogens is 216 g/mol. The lowest BCUT2D eigenvalue weighted by molar-refractivity contribution is 0.750. The summed E-state index contributed by atoms with van der Waals surface area (Å²) < 4.78 is 0.212. The van der Waals surface area contributed by atoms with Crippen LogP contribution in [-0.2, 0) is 0 Å². The fourth-order valence-corrected chi connectivity index (χ4v) is 1.26. The zero-order valence-corrected chi connectivity index (χ0v) is 10.2. The van der Waals surface area contributed by atoms with E-state index >= 15 is 0 Å². The van der Waals surface area contributed by atoms with E-state index < -0.39 is 0 Å². The number of pyridine rings is 1. The van der Waals surface area contributed by atoms with Crippen LogP contribution in [0.15, 0.2) is 18.2 Å². The first-order valence-corrected chi connectivity index (χ1v) is 6.05. The zero-order chi connectivity index (χ0) is 10.6. The first-order valence-electron chi connectivity index (χ1n) is 4.45. The Kier molecular flexibility index (Phi) is 4.08. The second-order valence-electron chi connectivity index (χ2n) is 3.66. The third-order valence-corrected chi connectivity index (χ3v) is 3.42. The monoisotopic (exact) mass is 230 g/mol. The van der Waals surface area contributed by atoms with Crippen molar-refractivity contribution in [2.24, 2.45) is 0 Å². The smallest absolute Gasteiger partial charge is 0.131 e. The highest BCUT2D eigenvalue weighted by molar-refractivity contribution is 7.99. The van der Waals surface area contributed by atoms with Crippen LogP contribution in [0.4, 0.5) is 5.82 Å². The van der Waals surface area contributed by atoms with E-state index in [1.165, 1.54) is 0 Å². The predicted molar refractivity (Wildman–Crippen MR) is 65.3 cm³/mol. The molecule has 0 spiro atoms. The molecule has 14 heavy (non-hydrogen) atoms. The Morgan fingerprint density at radius 2 is 2.21 bits per heavy atom. The van der Waals surface area contributed by atoms with Gasteiger partial charge < -0.3 is 5.32 Å². The zero-order valence-electron chi connectivity index (χ0n) is 8.67. The number of halogens is 1. The molecule has 0 fully saturated rings. The number of aromatic nitrogens is 1. The van der Waals surface area contributed by atoms with E-state index in [0.29, 0.717) is 5.15 Å². The van der Waals surface area contributed by atoms with Crippen molar-refractivity contribution in [3.63, 3.8) is 0 Å². The molecule has 0 aliphatic heterocycles. The average Bonchev–Trinajstić information content (AvgIpc) is 2.15. The lowest BCUT2D eigenvalue weighted by atomic mass is 10.2. The van der Waals surface area contributed by atoms with Crippen molar-refractivity contribution < 1.29 is 0 Å². The Labute approximate surface area is 94.5 Å². The van der Waals surface area contributed by atoms with Crippen LogP contribution in [0.3, 0.4) is 0 Å². The molecule has 1 aromatic heterocycles. The number of hydrogen-bond acceptors (Lipinski definition) is 3. The first kappa shape index (κ1) is 11.7. The number of rotatable bonds is 4. The molecule has 1 heterocycles. The maximum Gasteiger partial charge on any atom is 0.131 e. The Bertz CT molecular complexity index is 302. The second-order valence-corrected chi connectivity index (χ2v) is 5.56. The Hall–Kier alpha value is -0.410. The van der Waals surface area contributed by atoms with Crippen LogP contribution in [0.2, 0.25) is 5.15 Å². The molecule has 78 valence electrons. The molecule has 0 saturated heterocycles. The van der Waals surface area contributed by atoms with E-state index in [1.54, 1.807) is 6.07 Å². The molecule has 0 amide bonds. The maximum atomic E-state index is 5.77. The predicted octanol–water partition coefficient (Wildman–Crippen LogP) is 3.29. The number of anilines is 1. The van der Waals surface area contributed by atoms with Gasteiger partial charge >= 0.3 is 0 Å². The van der Waals surface area contributed by atoms with Gasteiger partial charge in [0.15, 0.2) is 0 Å². The van der Waals surface area contributed by atoms with Crippen molar-refractivity contribution in [3.05, 3.63) is 23.4 Å². The van der Waals surface area contributed by atoms with E-state index in [0.717, 1.165) is 12.4 Å². The normalized spacial score (nSPS) is 11.4. The fourth-order valence-electron chi connectivity index (χ4n) is 0.882. The summed E-state index contributed by atoms with van der Waals surface area (Å²) >= 11 is 7.60. The molecule has 1 aromatic rings. The summed E-state index contributed by atoms with van der Waals surface area (Å²) in [5.74, 6) is 0.833. The van der Waals surface area contributed by atoms with Crippen molar-refractivity contribution >= 4 is 29.2 Å². The number of nitrogens with one attached hydrogen (secondary N) is 1. The summed E-state index contributed by atoms with van der Waals surface area (Å²) in [4.78, 5) is 4.16. The third kappa shape index (κ3) is 3.76. The minimum atomic E-state index is 0.212. The molecule has 4 heteroatoms. The van der Waals surface area contributed by atoms with Crippen LogP contribution in [0.1, 0.15) is 13.8 Å². The largest absolute Gasteiger partial charge is 0.369 e. The summed E-state index contributed by atoms with van der Waals surface area (Å²) in [6.07, 6.45) is 2.10. The van der Waals surface area contributed by atoms with Gasteiger partial charge in [-0.25, -0.2) is 4.98 Å². The molecule has 2 nitrogen and oxygen atoms in total. The van der Waals surface area contributed by atoms with Crippen LogP contribution in [-0.4, -0.2) is 22.5 Å². The second kappa shape index (κ2) is 4.89. The minimum Gasteiger partial charge on any atom is -0.369 e. The number of nitrogens with zero attached hydrogens (tertiary/aromatic N) is 1. The van der Waals surface area contributed by atoms with Crippen LogP contribution in [0.25, 0.3) is 0 Å². The number of thioether (sulfide) groups is 1. The van der Waals surface area contributed by atoms with Gasteiger partial charge in [-0.1, -0.05) is 17.7 Å². The summed E-state index contributed by atoms with van der Waals surface area (Å²) in [6.45, 7) is 5.26. The third-order valence-electron chi connectivity index (χ3n) is 1.96. The van der Waals surface area contributed by atoms with Crippen molar-refractivity contribution in [3.8, 4) is 0 Å².